The van der Waals surface area contributed by atoms with Crippen LogP contribution in [-0.4, -0.2) is 46.0 Å². The number of hydrogen-bond acceptors (Lipinski definition) is 7. The molecule has 1 fully saturated rings. The second-order valence-corrected chi connectivity index (χ2v) is 8.79. The fourth-order valence-corrected chi connectivity index (χ4v) is 4.29. The van der Waals surface area contributed by atoms with E-state index in [1.54, 1.807) is 37.2 Å². The van der Waals surface area contributed by atoms with Gasteiger partial charge >= 0.3 is 0 Å². The number of amides is 1. The lowest BCUT2D eigenvalue weighted by atomic mass is 10.1. The zero-order valence-corrected chi connectivity index (χ0v) is 18.9. The summed E-state index contributed by atoms with van der Waals surface area (Å²) in [4.78, 5) is 37.7. The van der Waals surface area contributed by atoms with Crippen LogP contribution in [0, 0.1) is 5.92 Å². The molecule has 0 radical (unpaired) electrons. The van der Waals surface area contributed by atoms with E-state index in [4.69, 9.17) is 4.98 Å². The molecule has 6 aromatic heterocycles. The van der Waals surface area contributed by atoms with Crippen LogP contribution in [0.2, 0.25) is 0 Å². The fraction of sp³-hybridized carbons (Fsp3) is 0.115. The number of nitrogens with one attached hydrogen (secondary N) is 3. The summed E-state index contributed by atoms with van der Waals surface area (Å²) >= 11 is 0. The van der Waals surface area contributed by atoms with Gasteiger partial charge in [-0.1, -0.05) is 0 Å². The van der Waals surface area contributed by atoms with E-state index >= 15 is 0 Å². The normalized spacial score (nSPS) is 13.3. The molecule has 0 atom stereocenters. The van der Waals surface area contributed by atoms with Crippen molar-refractivity contribution in [3.63, 3.8) is 0 Å². The Morgan fingerprint density at radius 1 is 0.944 bits per heavy atom. The number of H-pyrrole nitrogens is 2. The number of carbonyl (C=O) groups excluding carboxylic acids is 1. The van der Waals surface area contributed by atoms with Crippen molar-refractivity contribution >= 4 is 33.7 Å². The predicted molar refractivity (Wildman–Crippen MR) is 135 cm³/mol. The van der Waals surface area contributed by atoms with E-state index in [9.17, 15) is 4.79 Å². The number of pyridine rings is 4. The first-order valence-corrected chi connectivity index (χ1v) is 11.6. The smallest absolute Gasteiger partial charge is 0.227 e. The number of hydrogen-bond donors (Lipinski definition) is 3. The van der Waals surface area contributed by atoms with Crippen molar-refractivity contribution in [1.29, 1.82) is 0 Å². The third-order valence-corrected chi connectivity index (χ3v) is 6.30. The molecule has 6 heterocycles. The summed E-state index contributed by atoms with van der Waals surface area (Å²) in [5.41, 5.74) is 7.05. The average Bonchev–Trinajstić information content (AvgIpc) is 3.55. The van der Waals surface area contributed by atoms with Crippen molar-refractivity contribution in [2.75, 3.05) is 5.32 Å². The minimum absolute atomic E-state index is 0.0408. The van der Waals surface area contributed by atoms with Crippen molar-refractivity contribution in [3.8, 4) is 33.9 Å². The van der Waals surface area contributed by atoms with E-state index < -0.39 is 0 Å². The van der Waals surface area contributed by atoms with Crippen LogP contribution in [-0.2, 0) is 4.79 Å². The van der Waals surface area contributed by atoms with E-state index in [0.717, 1.165) is 46.0 Å². The maximum atomic E-state index is 12.2. The van der Waals surface area contributed by atoms with Gasteiger partial charge in [-0.15, -0.1) is 0 Å². The minimum atomic E-state index is 0.0408. The quantitative estimate of drug-likeness (QED) is 0.338. The zero-order chi connectivity index (χ0) is 24.1. The summed E-state index contributed by atoms with van der Waals surface area (Å²) in [6.45, 7) is 0. The van der Waals surface area contributed by atoms with Gasteiger partial charge in [0.2, 0.25) is 5.91 Å². The summed E-state index contributed by atoms with van der Waals surface area (Å²) in [7, 11) is 0. The van der Waals surface area contributed by atoms with Crippen LogP contribution in [0.15, 0.2) is 67.5 Å². The van der Waals surface area contributed by atoms with E-state index in [-0.39, 0.29) is 11.8 Å². The van der Waals surface area contributed by atoms with Crippen LogP contribution in [0.4, 0.5) is 5.69 Å². The van der Waals surface area contributed by atoms with Crippen LogP contribution in [0.5, 0.6) is 0 Å². The van der Waals surface area contributed by atoms with Gasteiger partial charge in [0.1, 0.15) is 5.69 Å². The van der Waals surface area contributed by atoms with Gasteiger partial charge in [-0.25, -0.2) is 9.97 Å². The predicted octanol–water partition coefficient (Wildman–Crippen LogP) is 4.37. The van der Waals surface area contributed by atoms with Gasteiger partial charge in [-0.05, 0) is 48.7 Å². The Hall–Kier alpha value is -4.99. The highest BCUT2D eigenvalue weighted by Crippen LogP contribution is 2.33. The fourth-order valence-electron chi connectivity index (χ4n) is 4.29. The number of fused-ring (bicyclic) bond motifs is 2. The van der Waals surface area contributed by atoms with Crippen LogP contribution in [0.3, 0.4) is 0 Å². The Balaban J connectivity index is 1.28. The van der Waals surface area contributed by atoms with Crippen molar-refractivity contribution in [2.45, 2.75) is 12.8 Å². The standard InChI is InChI=1S/C26H19N9O/c36-26(15-1-2-15)31-17-9-16(11-28-12-17)20-10-19-21(13-30-20)34-35-23(19)25-32-22-18(5-8-29-24(22)33-25)14-3-6-27-7-4-14/h3-13,15H,1-2H2,(H,31,36)(H,34,35)(H,29,32,33). The minimum Gasteiger partial charge on any atom is -0.335 e. The lowest BCUT2D eigenvalue weighted by molar-refractivity contribution is -0.117. The largest absolute Gasteiger partial charge is 0.335 e. The molecule has 0 saturated heterocycles. The highest BCUT2D eigenvalue weighted by atomic mass is 16.2. The van der Waals surface area contributed by atoms with Gasteiger partial charge in [-0.3, -0.25) is 24.8 Å². The van der Waals surface area contributed by atoms with E-state index in [0.29, 0.717) is 28.5 Å². The summed E-state index contributed by atoms with van der Waals surface area (Å²) in [6, 6.07) is 9.68. The SMILES string of the molecule is O=C(Nc1cncc(-c2cc3c(-c4nc5nccc(-c6ccncc6)c5[nH]4)n[nH]c3cn2)c1)C1CC1. The molecule has 10 nitrogen and oxygen atoms in total. The van der Waals surface area contributed by atoms with Crippen molar-refractivity contribution < 1.29 is 4.79 Å². The average molecular weight is 474 g/mol. The molecule has 3 N–H and O–H groups in total. The van der Waals surface area contributed by atoms with Crippen molar-refractivity contribution in [2.24, 2.45) is 5.92 Å². The van der Waals surface area contributed by atoms with Crippen LogP contribution in [0.25, 0.3) is 56.0 Å². The van der Waals surface area contributed by atoms with Crippen molar-refractivity contribution in [1.82, 2.24) is 40.1 Å². The molecule has 1 aliphatic carbocycles. The Morgan fingerprint density at radius 3 is 2.69 bits per heavy atom. The maximum absolute atomic E-state index is 12.2. The van der Waals surface area contributed by atoms with Gasteiger partial charge < -0.3 is 10.3 Å². The molecule has 0 aliphatic heterocycles. The summed E-state index contributed by atoms with van der Waals surface area (Å²) in [5.74, 6) is 0.763. The van der Waals surface area contributed by atoms with E-state index in [1.165, 1.54) is 0 Å². The monoisotopic (exact) mass is 473 g/mol. The molecular weight excluding hydrogens is 454 g/mol. The first kappa shape index (κ1) is 20.4. The number of nitrogens with zero attached hydrogens (tertiary/aromatic N) is 6. The number of imidazole rings is 1. The van der Waals surface area contributed by atoms with Crippen LogP contribution < -0.4 is 5.32 Å². The molecule has 0 aromatic carbocycles. The highest BCUT2D eigenvalue weighted by molar-refractivity contribution is 5.97. The Kier molecular flexibility index (Phi) is 4.56. The Morgan fingerprint density at radius 2 is 1.83 bits per heavy atom. The van der Waals surface area contributed by atoms with Gasteiger partial charge in [0, 0.05) is 47.2 Å². The van der Waals surface area contributed by atoms with Gasteiger partial charge in [0.05, 0.1) is 34.8 Å². The molecular formula is C26H19N9O. The van der Waals surface area contributed by atoms with Gasteiger partial charge in [0.15, 0.2) is 11.5 Å². The molecule has 36 heavy (non-hydrogen) atoms. The lowest BCUT2D eigenvalue weighted by Gasteiger charge is -2.06. The van der Waals surface area contributed by atoms with Gasteiger partial charge in [0.25, 0.3) is 0 Å². The molecule has 1 amide bonds. The summed E-state index contributed by atoms with van der Waals surface area (Å²) in [5, 5.41) is 11.4. The molecule has 6 aromatic rings. The first-order valence-electron chi connectivity index (χ1n) is 11.6. The number of anilines is 1. The molecule has 0 spiro atoms. The number of aromatic nitrogens is 8. The first-order chi connectivity index (χ1) is 17.7. The summed E-state index contributed by atoms with van der Waals surface area (Å²) in [6.07, 6.45) is 12.3. The second kappa shape index (κ2) is 8.05. The van der Waals surface area contributed by atoms with Crippen LogP contribution >= 0.6 is 0 Å². The molecule has 7 rings (SSSR count). The molecule has 10 heteroatoms. The highest BCUT2D eigenvalue weighted by Gasteiger charge is 2.29. The Labute approximate surface area is 204 Å². The molecule has 174 valence electrons. The number of rotatable bonds is 5. The molecule has 0 bridgehead atoms. The number of aromatic amines is 2. The Bertz CT molecular complexity index is 1750. The zero-order valence-electron chi connectivity index (χ0n) is 18.9. The molecule has 0 unspecified atom stereocenters. The maximum Gasteiger partial charge on any atom is 0.227 e. The lowest BCUT2D eigenvalue weighted by Crippen LogP contribution is -2.13. The topological polar surface area (TPSA) is 138 Å². The van der Waals surface area contributed by atoms with Crippen LogP contribution in [0.1, 0.15) is 12.8 Å². The third-order valence-electron chi connectivity index (χ3n) is 6.30. The van der Waals surface area contributed by atoms with E-state index in [1.807, 2.05) is 30.3 Å². The van der Waals surface area contributed by atoms with Crippen molar-refractivity contribution in [3.05, 3.63) is 67.5 Å². The second-order valence-electron chi connectivity index (χ2n) is 8.79. The number of carbonyl (C=O) groups is 1. The third kappa shape index (κ3) is 3.56. The molecule has 1 aliphatic rings. The van der Waals surface area contributed by atoms with Gasteiger partial charge in [-0.2, -0.15) is 5.10 Å². The summed E-state index contributed by atoms with van der Waals surface area (Å²) < 4.78 is 0. The molecule has 1 saturated carbocycles. The van der Waals surface area contributed by atoms with E-state index in [2.05, 4.69) is 40.4 Å².